The maximum absolute atomic E-state index is 14.0. The van der Waals surface area contributed by atoms with Crippen LogP contribution in [-0.4, -0.2) is 35.8 Å². The van der Waals surface area contributed by atoms with Crippen molar-refractivity contribution in [3.8, 4) is 5.75 Å². The number of anilines is 2. The number of rotatable bonds is 4. The van der Waals surface area contributed by atoms with E-state index in [1.165, 1.54) is 12.0 Å². The van der Waals surface area contributed by atoms with Crippen molar-refractivity contribution < 1.29 is 19.1 Å². The number of fused-ring (bicyclic) bond motifs is 5. The minimum absolute atomic E-state index is 0.291. The van der Waals surface area contributed by atoms with Crippen LogP contribution in [0.3, 0.4) is 0 Å². The summed E-state index contributed by atoms with van der Waals surface area (Å²) in [5.41, 5.74) is 4.72. The highest BCUT2D eigenvalue weighted by Crippen LogP contribution is 2.53. The summed E-state index contributed by atoms with van der Waals surface area (Å²) < 4.78 is 5.41. The molecule has 3 aliphatic heterocycles. The third-order valence-electron chi connectivity index (χ3n) is 7.61. The van der Waals surface area contributed by atoms with Crippen LogP contribution >= 0.6 is 11.6 Å². The van der Waals surface area contributed by atoms with E-state index < -0.39 is 29.8 Å². The van der Waals surface area contributed by atoms with E-state index in [4.69, 9.17) is 16.3 Å². The third kappa shape index (κ3) is 3.69. The number of nitrogens with one attached hydrogen (secondary N) is 1. The standard InChI is InChI=1S/C30H26ClN3O4/c1-16-12-17(2)14-20(13-16)34-29(36)24-25(30(34)37)27(28(35)32-22-15-19(31)8-9-23(22)38-3)33-11-10-18-6-4-5-7-21(18)26(24)33/h4-15,24-27H,1-3H3,(H,32,35)/t24-,25-,26+,27+/m1/s1. The first kappa shape index (κ1) is 24.2. The van der Waals surface area contributed by atoms with Gasteiger partial charge in [-0.25, -0.2) is 4.90 Å². The highest BCUT2D eigenvalue weighted by molar-refractivity contribution is 6.31. The van der Waals surface area contributed by atoms with Gasteiger partial charge in [0.05, 0.1) is 36.4 Å². The van der Waals surface area contributed by atoms with Gasteiger partial charge in [-0.3, -0.25) is 14.4 Å². The Morgan fingerprint density at radius 2 is 1.66 bits per heavy atom. The molecule has 3 amide bonds. The third-order valence-corrected chi connectivity index (χ3v) is 7.85. The van der Waals surface area contributed by atoms with Gasteiger partial charge >= 0.3 is 0 Å². The molecule has 3 aromatic carbocycles. The number of halogens is 1. The summed E-state index contributed by atoms with van der Waals surface area (Å²) in [6.45, 7) is 3.86. The van der Waals surface area contributed by atoms with Crippen molar-refractivity contribution in [2.24, 2.45) is 11.8 Å². The van der Waals surface area contributed by atoms with Crippen LogP contribution in [0.1, 0.15) is 28.3 Å². The fourth-order valence-electron chi connectivity index (χ4n) is 6.18. The van der Waals surface area contributed by atoms with Crippen LogP contribution in [0.15, 0.2) is 66.9 Å². The van der Waals surface area contributed by atoms with Gasteiger partial charge in [0.1, 0.15) is 11.8 Å². The number of carbonyl (C=O) groups excluding carboxylic acids is 3. The van der Waals surface area contributed by atoms with Crippen molar-refractivity contribution in [3.05, 3.63) is 94.1 Å². The summed E-state index contributed by atoms with van der Waals surface area (Å²) in [5, 5.41) is 3.35. The molecule has 0 spiro atoms. The van der Waals surface area contributed by atoms with Crippen molar-refractivity contribution in [3.63, 3.8) is 0 Å². The van der Waals surface area contributed by atoms with Gasteiger partial charge in [0.25, 0.3) is 0 Å². The Balaban J connectivity index is 1.45. The monoisotopic (exact) mass is 527 g/mol. The molecule has 1 N–H and O–H groups in total. The number of imide groups is 1. The van der Waals surface area contributed by atoms with Gasteiger partial charge in [0, 0.05) is 11.2 Å². The zero-order valence-corrected chi connectivity index (χ0v) is 21.9. The number of hydrogen-bond acceptors (Lipinski definition) is 5. The maximum Gasteiger partial charge on any atom is 0.248 e. The molecule has 6 rings (SSSR count). The molecule has 0 aromatic heterocycles. The molecule has 0 bridgehead atoms. The molecule has 0 saturated carbocycles. The molecule has 0 radical (unpaired) electrons. The van der Waals surface area contributed by atoms with E-state index in [1.807, 2.05) is 73.5 Å². The number of hydrogen-bond donors (Lipinski definition) is 1. The average molecular weight is 528 g/mol. The fourth-order valence-corrected chi connectivity index (χ4v) is 6.35. The lowest BCUT2D eigenvalue weighted by Crippen LogP contribution is -2.46. The van der Waals surface area contributed by atoms with Gasteiger partial charge in [-0.1, -0.05) is 41.9 Å². The summed E-state index contributed by atoms with van der Waals surface area (Å²) in [7, 11) is 1.51. The lowest BCUT2D eigenvalue weighted by atomic mass is 9.84. The topological polar surface area (TPSA) is 79.0 Å². The molecule has 192 valence electrons. The Kier molecular flexibility index (Phi) is 5.76. The first-order chi connectivity index (χ1) is 18.3. The number of methoxy groups -OCH3 is 1. The van der Waals surface area contributed by atoms with Crippen LogP contribution in [0.5, 0.6) is 5.75 Å². The van der Waals surface area contributed by atoms with Crippen LogP contribution < -0.4 is 15.0 Å². The summed E-state index contributed by atoms with van der Waals surface area (Å²) >= 11 is 6.19. The number of aryl methyl sites for hydroxylation is 2. The molecule has 8 heteroatoms. The van der Waals surface area contributed by atoms with Gasteiger partial charge in [-0.05, 0) is 72.5 Å². The Bertz CT molecular complexity index is 1510. The smallest absolute Gasteiger partial charge is 0.248 e. The second-order valence-electron chi connectivity index (χ2n) is 10.0. The lowest BCUT2D eigenvalue weighted by Gasteiger charge is -2.35. The average Bonchev–Trinajstić information content (AvgIpc) is 3.36. The van der Waals surface area contributed by atoms with E-state index in [2.05, 4.69) is 5.32 Å². The maximum atomic E-state index is 14.0. The van der Waals surface area contributed by atoms with Crippen molar-refractivity contribution in [2.75, 3.05) is 17.3 Å². The predicted molar refractivity (Wildman–Crippen MR) is 146 cm³/mol. The van der Waals surface area contributed by atoms with Crippen molar-refractivity contribution in [1.82, 2.24) is 4.90 Å². The molecule has 2 fully saturated rings. The molecule has 3 aliphatic rings. The minimum atomic E-state index is -0.911. The first-order valence-corrected chi connectivity index (χ1v) is 12.8. The first-order valence-electron chi connectivity index (χ1n) is 12.4. The van der Waals surface area contributed by atoms with E-state index in [9.17, 15) is 14.4 Å². The van der Waals surface area contributed by atoms with Crippen LogP contribution in [0.4, 0.5) is 11.4 Å². The molecule has 2 saturated heterocycles. The van der Waals surface area contributed by atoms with E-state index >= 15 is 0 Å². The van der Waals surface area contributed by atoms with Crippen molar-refractivity contribution in [1.29, 1.82) is 0 Å². The number of carbonyl (C=O) groups is 3. The molecular weight excluding hydrogens is 502 g/mol. The molecule has 0 aliphatic carbocycles. The van der Waals surface area contributed by atoms with E-state index in [-0.39, 0.29) is 11.8 Å². The van der Waals surface area contributed by atoms with Crippen LogP contribution in [-0.2, 0) is 14.4 Å². The second-order valence-corrected chi connectivity index (χ2v) is 10.5. The van der Waals surface area contributed by atoms with Crippen LogP contribution in [0.2, 0.25) is 5.02 Å². The quantitative estimate of drug-likeness (QED) is 0.476. The Hall–Kier alpha value is -4.10. The molecular formula is C30H26ClN3O4. The van der Waals surface area contributed by atoms with E-state index in [0.29, 0.717) is 22.1 Å². The number of nitrogens with zero attached hydrogens (tertiary/aromatic N) is 2. The van der Waals surface area contributed by atoms with Crippen molar-refractivity contribution in [2.45, 2.75) is 25.9 Å². The lowest BCUT2D eigenvalue weighted by molar-refractivity contribution is -0.128. The molecule has 7 nitrogen and oxygen atoms in total. The minimum Gasteiger partial charge on any atom is -0.495 e. The molecule has 3 aromatic rings. The summed E-state index contributed by atoms with van der Waals surface area (Å²) in [6, 6.07) is 17.0. The normalized spacial score (nSPS) is 23.3. The van der Waals surface area contributed by atoms with Crippen molar-refractivity contribution >= 4 is 46.8 Å². The summed E-state index contributed by atoms with van der Waals surface area (Å²) in [5.74, 6) is -2.21. The fraction of sp³-hybridized carbons (Fsp3) is 0.233. The highest BCUT2D eigenvalue weighted by atomic mass is 35.5. The molecule has 38 heavy (non-hydrogen) atoms. The molecule has 3 heterocycles. The Morgan fingerprint density at radius 1 is 0.947 bits per heavy atom. The zero-order valence-electron chi connectivity index (χ0n) is 21.1. The Morgan fingerprint density at radius 3 is 2.39 bits per heavy atom. The molecule has 4 atom stereocenters. The van der Waals surface area contributed by atoms with Gasteiger partial charge < -0.3 is 15.0 Å². The molecule has 0 unspecified atom stereocenters. The summed E-state index contributed by atoms with van der Waals surface area (Å²) in [4.78, 5) is 45.2. The summed E-state index contributed by atoms with van der Waals surface area (Å²) in [6.07, 6.45) is 3.75. The Labute approximate surface area is 225 Å². The number of ether oxygens (including phenoxy) is 1. The SMILES string of the molecule is COc1ccc(Cl)cc1NC(=O)[C@@H]1[C@@H]2C(=O)N(c3cc(C)cc(C)c3)C(=O)[C@H]2[C@@H]2c3ccccc3C=CN12. The van der Waals surface area contributed by atoms with Crippen LogP contribution in [0.25, 0.3) is 6.08 Å². The largest absolute Gasteiger partial charge is 0.495 e. The zero-order chi connectivity index (χ0) is 26.7. The second kappa shape index (κ2) is 9.03. The van der Waals surface area contributed by atoms with E-state index in [1.54, 1.807) is 18.2 Å². The highest BCUT2D eigenvalue weighted by Gasteiger charge is 2.64. The van der Waals surface area contributed by atoms with E-state index in [0.717, 1.165) is 22.3 Å². The number of benzene rings is 3. The number of amides is 3. The predicted octanol–water partition coefficient (Wildman–Crippen LogP) is 5.12. The van der Waals surface area contributed by atoms with Gasteiger partial charge in [-0.2, -0.15) is 0 Å². The van der Waals surface area contributed by atoms with Gasteiger partial charge in [-0.15, -0.1) is 0 Å². The van der Waals surface area contributed by atoms with Gasteiger partial charge in [0.2, 0.25) is 17.7 Å². The van der Waals surface area contributed by atoms with Gasteiger partial charge in [0.15, 0.2) is 0 Å². The van der Waals surface area contributed by atoms with Crippen LogP contribution in [0, 0.1) is 25.7 Å².